The van der Waals surface area contributed by atoms with Crippen molar-refractivity contribution in [1.82, 2.24) is 4.90 Å². The fourth-order valence-corrected chi connectivity index (χ4v) is 2.78. The van der Waals surface area contributed by atoms with E-state index in [1.165, 1.54) is 17.5 Å². The minimum atomic E-state index is -0.178. The van der Waals surface area contributed by atoms with Crippen LogP contribution in [0, 0.1) is 16.7 Å². The number of nitrogens with zero attached hydrogens (tertiary/aromatic N) is 2. The Labute approximate surface area is 122 Å². The van der Waals surface area contributed by atoms with Crippen LogP contribution in [0.25, 0.3) is 0 Å². The smallest absolute Gasteiger partial charge is 0.0683 e. The number of hydrogen-bond acceptors (Lipinski definition) is 3. The van der Waals surface area contributed by atoms with Crippen LogP contribution >= 0.6 is 0 Å². The average Bonchev–Trinajstić information content (AvgIpc) is 2.43. The highest BCUT2D eigenvalue weighted by atomic mass is 15.1. The van der Waals surface area contributed by atoms with Gasteiger partial charge in [0, 0.05) is 18.8 Å². The first-order chi connectivity index (χ1) is 9.50. The quantitative estimate of drug-likeness (QED) is 0.660. The molecule has 2 rings (SSSR count). The van der Waals surface area contributed by atoms with Crippen LogP contribution in [0.1, 0.15) is 44.2 Å². The molecular formula is C17H25N3. The van der Waals surface area contributed by atoms with Gasteiger partial charge < -0.3 is 5.73 Å². The minimum Gasteiger partial charge on any atom is -0.399 e. The third-order valence-electron chi connectivity index (χ3n) is 4.15. The van der Waals surface area contributed by atoms with Crippen molar-refractivity contribution in [3.8, 4) is 6.07 Å². The standard InChI is InChI=1S/C17H25N3/c1-17(2,13-18)8-3-4-9-20-10-7-14-5-6-16(19)11-15(14)12-20/h5-6,11H,3-4,7-10,12,19H2,1-2H3. The molecule has 1 aromatic rings. The Morgan fingerprint density at radius 2 is 2.10 bits per heavy atom. The normalized spacial score (nSPS) is 15.7. The number of anilines is 1. The Bertz CT molecular complexity index is 499. The number of rotatable bonds is 5. The summed E-state index contributed by atoms with van der Waals surface area (Å²) in [7, 11) is 0. The molecule has 0 saturated heterocycles. The Balaban J connectivity index is 1.78. The molecule has 0 saturated carbocycles. The van der Waals surface area contributed by atoms with Gasteiger partial charge >= 0.3 is 0 Å². The van der Waals surface area contributed by atoms with Gasteiger partial charge in [-0.25, -0.2) is 0 Å². The summed E-state index contributed by atoms with van der Waals surface area (Å²) in [6.07, 6.45) is 4.41. The van der Waals surface area contributed by atoms with E-state index in [1.807, 2.05) is 19.9 Å². The molecule has 0 radical (unpaired) electrons. The second kappa shape index (κ2) is 6.28. The van der Waals surface area contributed by atoms with Crippen molar-refractivity contribution < 1.29 is 0 Å². The third-order valence-corrected chi connectivity index (χ3v) is 4.15. The first-order valence-electron chi connectivity index (χ1n) is 7.51. The van der Waals surface area contributed by atoms with Gasteiger partial charge in [0.2, 0.25) is 0 Å². The average molecular weight is 271 g/mol. The van der Waals surface area contributed by atoms with Crippen LogP contribution in [0.3, 0.4) is 0 Å². The lowest BCUT2D eigenvalue weighted by atomic mass is 9.89. The summed E-state index contributed by atoms with van der Waals surface area (Å²) in [5.74, 6) is 0. The summed E-state index contributed by atoms with van der Waals surface area (Å²) >= 11 is 0. The predicted molar refractivity (Wildman–Crippen MR) is 83.1 cm³/mol. The maximum atomic E-state index is 9.01. The van der Waals surface area contributed by atoms with Crippen LogP contribution in [0.2, 0.25) is 0 Å². The molecule has 20 heavy (non-hydrogen) atoms. The second-order valence-corrected chi connectivity index (χ2v) is 6.51. The molecule has 3 nitrogen and oxygen atoms in total. The van der Waals surface area contributed by atoms with Crippen LogP contribution in [-0.2, 0) is 13.0 Å². The molecule has 108 valence electrons. The van der Waals surface area contributed by atoms with Crippen molar-refractivity contribution in [3.05, 3.63) is 29.3 Å². The Morgan fingerprint density at radius 1 is 1.30 bits per heavy atom. The number of nitriles is 1. The molecule has 0 atom stereocenters. The van der Waals surface area contributed by atoms with Crippen LogP contribution in [-0.4, -0.2) is 18.0 Å². The molecule has 0 bridgehead atoms. The molecule has 3 heteroatoms. The lowest BCUT2D eigenvalue weighted by molar-refractivity contribution is 0.244. The number of fused-ring (bicyclic) bond motifs is 1. The summed E-state index contributed by atoms with van der Waals surface area (Å²) in [5, 5.41) is 9.01. The molecule has 0 amide bonds. The van der Waals surface area contributed by atoms with Gasteiger partial charge in [0.05, 0.1) is 11.5 Å². The maximum absolute atomic E-state index is 9.01. The summed E-state index contributed by atoms with van der Waals surface area (Å²) in [6.45, 7) is 7.32. The first-order valence-corrected chi connectivity index (χ1v) is 7.51. The van der Waals surface area contributed by atoms with E-state index in [1.54, 1.807) is 0 Å². The topological polar surface area (TPSA) is 53.0 Å². The predicted octanol–water partition coefficient (Wildman–Crippen LogP) is 3.35. The fourth-order valence-electron chi connectivity index (χ4n) is 2.78. The van der Waals surface area contributed by atoms with Crippen LogP contribution in [0.5, 0.6) is 0 Å². The molecule has 1 aliphatic heterocycles. The maximum Gasteiger partial charge on any atom is 0.0683 e. The van der Waals surface area contributed by atoms with Gasteiger partial charge in [-0.3, -0.25) is 4.90 Å². The van der Waals surface area contributed by atoms with Crippen molar-refractivity contribution in [2.45, 2.75) is 46.1 Å². The molecule has 1 aromatic carbocycles. The van der Waals surface area contributed by atoms with Gasteiger partial charge in [-0.05, 0) is 62.9 Å². The van der Waals surface area contributed by atoms with E-state index in [0.29, 0.717) is 0 Å². The van der Waals surface area contributed by atoms with E-state index in [4.69, 9.17) is 11.0 Å². The monoisotopic (exact) mass is 271 g/mol. The summed E-state index contributed by atoms with van der Waals surface area (Å²) in [4.78, 5) is 2.50. The Kier molecular flexibility index (Phi) is 4.67. The molecule has 2 N–H and O–H groups in total. The molecule has 0 fully saturated rings. The zero-order valence-corrected chi connectivity index (χ0v) is 12.7. The zero-order chi connectivity index (χ0) is 14.6. The van der Waals surface area contributed by atoms with Crippen LogP contribution in [0.15, 0.2) is 18.2 Å². The number of nitrogens with two attached hydrogens (primary N) is 1. The Hall–Kier alpha value is -1.53. The van der Waals surface area contributed by atoms with Gasteiger partial charge in [-0.1, -0.05) is 12.5 Å². The van der Waals surface area contributed by atoms with Crippen molar-refractivity contribution in [3.63, 3.8) is 0 Å². The van der Waals surface area contributed by atoms with Crippen molar-refractivity contribution >= 4 is 5.69 Å². The number of benzene rings is 1. The van der Waals surface area contributed by atoms with Gasteiger partial charge in [0.25, 0.3) is 0 Å². The second-order valence-electron chi connectivity index (χ2n) is 6.51. The highest BCUT2D eigenvalue weighted by molar-refractivity contribution is 5.45. The van der Waals surface area contributed by atoms with E-state index >= 15 is 0 Å². The highest BCUT2D eigenvalue weighted by Gasteiger charge is 2.18. The van der Waals surface area contributed by atoms with Crippen LogP contribution < -0.4 is 5.73 Å². The summed E-state index contributed by atoms with van der Waals surface area (Å²) in [6, 6.07) is 8.65. The van der Waals surface area contributed by atoms with Gasteiger partial charge in [-0.2, -0.15) is 5.26 Å². The fraction of sp³-hybridized carbons (Fsp3) is 0.588. The molecule has 1 aliphatic rings. The zero-order valence-electron chi connectivity index (χ0n) is 12.7. The van der Waals surface area contributed by atoms with E-state index < -0.39 is 0 Å². The summed E-state index contributed by atoms with van der Waals surface area (Å²) < 4.78 is 0. The van der Waals surface area contributed by atoms with E-state index in [9.17, 15) is 0 Å². The van der Waals surface area contributed by atoms with Gasteiger partial charge in [-0.15, -0.1) is 0 Å². The number of hydrogen-bond donors (Lipinski definition) is 1. The largest absolute Gasteiger partial charge is 0.399 e. The lowest BCUT2D eigenvalue weighted by Gasteiger charge is -2.29. The SMILES string of the molecule is CC(C)(C#N)CCCCN1CCc2ccc(N)cc2C1. The molecule has 0 unspecified atom stereocenters. The Morgan fingerprint density at radius 3 is 2.85 bits per heavy atom. The molecule has 1 heterocycles. The van der Waals surface area contributed by atoms with E-state index in [-0.39, 0.29) is 5.41 Å². The first kappa shape index (κ1) is 14.9. The van der Waals surface area contributed by atoms with Crippen molar-refractivity contribution in [2.75, 3.05) is 18.8 Å². The summed E-state index contributed by atoms with van der Waals surface area (Å²) in [5.41, 5.74) is 9.38. The molecule has 0 aliphatic carbocycles. The lowest BCUT2D eigenvalue weighted by Crippen LogP contribution is -2.31. The molecule has 0 aromatic heterocycles. The van der Waals surface area contributed by atoms with Gasteiger partial charge in [0.15, 0.2) is 0 Å². The number of unbranched alkanes of at least 4 members (excludes halogenated alkanes) is 1. The van der Waals surface area contributed by atoms with E-state index in [2.05, 4.69) is 23.1 Å². The van der Waals surface area contributed by atoms with E-state index in [0.717, 1.165) is 44.6 Å². The number of nitrogen functional groups attached to an aromatic ring is 1. The van der Waals surface area contributed by atoms with Crippen molar-refractivity contribution in [2.24, 2.45) is 5.41 Å². The van der Waals surface area contributed by atoms with Crippen molar-refractivity contribution in [1.29, 1.82) is 5.26 Å². The highest BCUT2D eigenvalue weighted by Crippen LogP contribution is 2.24. The minimum absolute atomic E-state index is 0.178. The van der Waals surface area contributed by atoms with Gasteiger partial charge in [0.1, 0.15) is 0 Å². The third kappa shape index (κ3) is 3.98. The molecule has 0 spiro atoms. The van der Waals surface area contributed by atoms with Crippen LogP contribution in [0.4, 0.5) is 5.69 Å². The molecular weight excluding hydrogens is 246 g/mol.